The van der Waals surface area contributed by atoms with Gasteiger partial charge in [-0.1, -0.05) is 170 Å². The van der Waals surface area contributed by atoms with Gasteiger partial charge in [0.2, 0.25) is 0 Å². The Labute approximate surface area is 424 Å². The van der Waals surface area contributed by atoms with E-state index in [9.17, 15) is 0 Å². The van der Waals surface area contributed by atoms with Gasteiger partial charge in [-0.2, -0.15) is 0 Å². The average Bonchev–Trinajstić information content (AvgIpc) is 4.02. The molecule has 10 nitrogen and oxygen atoms in total. The Hall–Kier alpha value is -10.3. The molecule has 0 spiro atoms. The molecule has 0 aliphatic heterocycles. The van der Waals surface area contributed by atoms with Crippen molar-refractivity contribution in [2.24, 2.45) is 0 Å². The van der Waals surface area contributed by atoms with Crippen molar-refractivity contribution in [1.29, 1.82) is 0 Å². The number of pyridine rings is 2. The van der Waals surface area contributed by atoms with E-state index in [4.69, 9.17) is 39.9 Å². The molecule has 346 valence electrons. The minimum absolute atomic E-state index is 0.549. The van der Waals surface area contributed by atoms with Gasteiger partial charge in [-0.3, -0.25) is 9.97 Å². The molecule has 0 aliphatic rings. The van der Waals surface area contributed by atoms with E-state index in [0.29, 0.717) is 34.9 Å². The van der Waals surface area contributed by atoms with Crippen LogP contribution < -0.4 is 0 Å². The Bertz CT molecular complexity index is 4020. The second-order valence-electron chi connectivity index (χ2n) is 18.1. The lowest BCUT2D eigenvalue weighted by Crippen LogP contribution is -2.01. The zero-order valence-corrected chi connectivity index (χ0v) is 39.6. The molecule has 74 heavy (non-hydrogen) atoms. The van der Waals surface area contributed by atoms with Crippen LogP contribution in [0.3, 0.4) is 0 Å². The molecule has 10 heteroatoms. The summed E-state index contributed by atoms with van der Waals surface area (Å²) in [6.45, 7) is 0. The highest BCUT2D eigenvalue weighted by molar-refractivity contribution is 6.12. The minimum atomic E-state index is 0.549. The lowest BCUT2D eigenvalue weighted by Gasteiger charge is -2.12. The summed E-state index contributed by atoms with van der Waals surface area (Å²) in [6.07, 6.45) is 7.47. The number of hydrogen-bond acceptors (Lipinski definition) is 8. The Morgan fingerprint density at radius 3 is 0.865 bits per heavy atom. The maximum absolute atomic E-state index is 5.01. The van der Waals surface area contributed by atoms with Crippen LogP contribution in [0.25, 0.3) is 134 Å². The van der Waals surface area contributed by atoms with Crippen LogP contribution in [0.1, 0.15) is 0 Å². The topological polar surface area (TPSA) is 113 Å². The average molecular weight is 949 g/mol. The molecule has 0 radical (unpaired) electrons. The van der Waals surface area contributed by atoms with E-state index in [1.54, 1.807) is 0 Å². The van der Waals surface area contributed by atoms with Crippen molar-refractivity contribution < 1.29 is 0 Å². The van der Waals surface area contributed by atoms with E-state index in [1.165, 1.54) is 0 Å². The highest BCUT2D eigenvalue weighted by atomic mass is 15.1. The van der Waals surface area contributed by atoms with Gasteiger partial charge in [-0.15, -0.1) is 0 Å². The van der Waals surface area contributed by atoms with E-state index >= 15 is 0 Å². The first-order valence-corrected chi connectivity index (χ1v) is 24.4. The summed E-state index contributed by atoms with van der Waals surface area (Å²) in [4.78, 5) is 39.4. The van der Waals surface area contributed by atoms with Crippen LogP contribution in [-0.4, -0.2) is 49.0 Å². The highest BCUT2D eigenvalue weighted by Gasteiger charge is 2.20. The maximum Gasteiger partial charge on any atom is 0.165 e. The van der Waals surface area contributed by atoms with Crippen LogP contribution >= 0.6 is 0 Å². The van der Waals surface area contributed by atoms with Crippen LogP contribution in [0.4, 0.5) is 0 Å². The van der Waals surface area contributed by atoms with Crippen LogP contribution in [0.5, 0.6) is 0 Å². The van der Waals surface area contributed by atoms with Crippen LogP contribution in [0, 0.1) is 0 Å². The van der Waals surface area contributed by atoms with Crippen molar-refractivity contribution in [3.63, 3.8) is 0 Å². The van der Waals surface area contributed by atoms with Crippen molar-refractivity contribution in [1.82, 2.24) is 49.0 Å². The SMILES string of the molecule is c1ccc(-c2nc(-c3ccccc3)nc(-c3cncc(-n4c5ccccc5c5cc(-c6ccc7c(c6)c6ccccc6n7-c6cncc(-c7nc(-c8ccccc8)nc(-c8ccccc8)n7)c6)ccc54)c3)n2)cc1. The predicted molar refractivity (Wildman–Crippen MR) is 296 cm³/mol. The number of fused-ring (bicyclic) bond motifs is 6. The summed E-state index contributed by atoms with van der Waals surface area (Å²) in [5.74, 6) is 3.51. The number of aromatic nitrogens is 10. The molecule has 0 saturated carbocycles. The van der Waals surface area contributed by atoms with Crippen LogP contribution in [0.2, 0.25) is 0 Å². The molecule has 0 bridgehead atoms. The fraction of sp³-hybridized carbons (Fsp3) is 0. The minimum Gasteiger partial charge on any atom is -0.308 e. The van der Waals surface area contributed by atoms with Crippen LogP contribution in [0.15, 0.2) is 243 Å². The first kappa shape index (κ1) is 42.5. The smallest absolute Gasteiger partial charge is 0.165 e. The molecule has 6 aromatic heterocycles. The van der Waals surface area contributed by atoms with Gasteiger partial charge in [-0.05, 0) is 59.7 Å². The van der Waals surface area contributed by atoms with E-state index in [1.807, 2.05) is 146 Å². The molecular formula is C64H40N10. The summed E-state index contributed by atoms with van der Waals surface area (Å²) < 4.78 is 4.56. The van der Waals surface area contributed by atoms with E-state index < -0.39 is 0 Å². The lowest BCUT2D eigenvalue weighted by molar-refractivity contribution is 1.06. The van der Waals surface area contributed by atoms with Gasteiger partial charge in [0, 0.05) is 67.3 Å². The van der Waals surface area contributed by atoms with Gasteiger partial charge in [0.1, 0.15) is 0 Å². The van der Waals surface area contributed by atoms with Crippen molar-refractivity contribution in [2.75, 3.05) is 0 Å². The molecule has 0 unspecified atom stereocenters. The molecule has 0 amide bonds. The molecule has 0 fully saturated rings. The highest BCUT2D eigenvalue weighted by Crippen LogP contribution is 2.39. The van der Waals surface area contributed by atoms with Gasteiger partial charge in [-0.25, -0.2) is 29.9 Å². The third-order valence-corrected chi connectivity index (χ3v) is 13.6. The molecule has 0 aliphatic carbocycles. The Morgan fingerprint density at radius 2 is 0.514 bits per heavy atom. The monoisotopic (exact) mass is 948 g/mol. The van der Waals surface area contributed by atoms with Gasteiger partial charge in [0.25, 0.3) is 0 Å². The molecular weight excluding hydrogens is 909 g/mol. The summed E-state index contributed by atoms with van der Waals surface area (Å²) in [5, 5.41) is 4.55. The van der Waals surface area contributed by atoms with Crippen molar-refractivity contribution in [3.8, 4) is 90.8 Å². The lowest BCUT2D eigenvalue weighted by atomic mass is 10.0. The third-order valence-electron chi connectivity index (χ3n) is 13.6. The number of benzene rings is 8. The fourth-order valence-electron chi connectivity index (χ4n) is 10.1. The summed E-state index contributed by atoms with van der Waals surface area (Å²) >= 11 is 0. The molecule has 0 saturated heterocycles. The quantitative estimate of drug-likeness (QED) is 0.141. The number of para-hydroxylation sites is 2. The van der Waals surface area contributed by atoms with Crippen molar-refractivity contribution in [3.05, 3.63) is 243 Å². The fourth-order valence-corrected chi connectivity index (χ4v) is 10.1. The summed E-state index contributed by atoms with van der Waals surface area (Å²) in [5.41, 5.74) is 13.5. The first-order chi connectivity index (χ1) is 36.7. The zero-order valence-electron chi connectivity index (χ0n) is 39.6. The van der Waals surface area contributed by atoms with Gasteiger partial charge < -0.3 is 9.13 Å². The number of nitrogens with zero attached hydrogens (tertiary/aromatic N) is 10. The second-order valence-corrected chi connectivity index (χ2v) is 18.1. The second kappa shape index (κ2) is 17.8. The van der Waals surface area contributed by atoms with Crippen molar-refractivity contribution >= 4 is 43.6 Å². The Balaban J connectivity index is 0.856. The normalized spacial score (nSPS) is 11.5. The largest absolute Gasteiger partial charge is 0.308 e. The molecule has 0 atom stereocenters. The first-order valence-electron chi connectivity index (χ1n) is 24.4. The van der Waals surface area contributed by atoms with Crippen LogP contribution in [-0.2, 0) is 0 Å². The molecule has 0 N–H and O–H groups in total. The van der Waals surface area contributed by atoms with E-state index in [2.05, 4.69) is 106 Å². The number of hydrogen-bond donors (Lipinski definition) is 0. The summed E-state index contributed by atoms with van der Waals surface area (Å²) in [7, 11) is 0. The zero-order chi connectivity index (χ0) is 49.0. The molecule has 14 aromatic rings. The van der Waals surface area contributed by atoms with E-state index in [0.717, 1.165) is 99.5 Å². The van der Waals surface area contributed by atoms with Gasteiger partial charge in [0.05, 0.1) is 45.8 Å². The standard InChI is InChI=1S/C64H40N10/c1-5-17-41(18-6-1)59-67-60(42-19-7-2-8-20-42)70-63(69-59)47-33-49(39-65-37-47)73-55-27-15-13-25-51(55)53-35-45(29-31-57(53)73)46-30-32-58-54(36-46)52-26-14-16-28-56(52)74(58)50-34-48(38-66-40-50)64-71-61(43-21-9-3-10-22-43)68-62(72-64)44-23-11-4-12-24-44/h1-40H. The maximum atomic E-state index is 5.01. The Kier molecular flexibility index (Phi) is 10.2. The molecule has 8 aromatic carbocycles. The van der Waals surface area contributed by atoms with Gasteiger partial charge in [0.15, 0.2) is 34.9 Å². The summed E-state index contributed by atoms with van der Waals surface area (Å²) in [6, 6.07) is 74.9. The van der Waals surface area contributed by atoms with Crippen molar-refractivity contribution in [2.45, 2.75) is 0 Å². The van der Waals surface area contributed by atoms with E-state index in [-0.39, 0.29) is 0 Å². The third kappa shape index (κ3) is 7.53. The van der Waals surface area contributed by atoms with Gasteiger partial charge >= 0.3 is 0 Å². The molecule has 14 rings (SSSR count). The predicted octanol–water partition coefficient (Wildman–Crippen LogP) is 14.7. The number of rotatable bonds is 9. The Morgan fingerprint density at radius 1 is 0.216 bits per heavy atom. The molecule has 6 heterocycles.